The highest BCUT2D eigenvalue weighted by molar-refractivity contribution is 6.03. The molecule has 112 valence electrons. The van der Waals surface area contributed by atoms with Gasteiger partial charge in [0, 0.05) is 12.1 Å². The molecule has 1 atom stereocenters. The van der Waals surface area contributed by atoms with Crippen molar-refractivity contribution in [3.63, 3.8) is 0 Å². The fourth-order valence-electron chi connectivity index (χ4n) is 2.78. The lowest BCUT2D eigenvalue weighted by Gasteiger charge is -2.23. The normalized spacial score (nSPS) is 16.4. The maximum absolute atomic E-state index is 12.9. The summed E-state index contributed by atoms with van der Waals surface area (Å²) >= 11 is 0. The standard InChI is InChI=1S/C17H15FN2O2/c18-13-7-5-11(6-8-13)9-16(21)20-14-4-2-1-3-12(14)10-15(20)17(19)22/h1-8,15H,9-10H2,(H2,19,22). The van der Waals surface area contributed by atoms with E-state index in [0.717, 1.165) is 11.3 Å². The van der Waals surface area contributed by atoms with Crippen LogP contribution >= 0.6 is 0 Å². The first-order chi connectivity index (χ1) is 10.6. The molecule has 1 aliphatic heterocycles. The SMILES string of the molecule is NC(=O)C1Cc2ccccc2N1C(=O)Cc1ccc(F)cc1. The van der Waals surface area contributed by atoms with Gasteiger partial charge in [0.25, 0.3) is 0 Å². The van der Waals surface area contributed by atoms with Crippen molar-refractivity contribution in [1.29, 1.82) is 0 Å². The van der Waals surface area contributed by atoms with Crippen molar-refractivity contribution in [2.24, 2.45) is 5.73 Å². The molecule has 5 heteroatoms. The van der Waals surface area contributed by atoms with E-state index >= 15 is 0 Å². The maximum Gasteiger partial charge on any atom is 0.240 e. The van der Waals surface area contributed by atoms with Gasteiger partial charge in [0.1, 0.15) is 11.9 Å². The van der Waals surface area contributed by atoms with Crippen molar-refractivity contribution < 1.29 is 14.0 Å². The monoisotopic (exact) mass is 298 g/mol. The molecular weight excluding hydrogens is 283 g/mol. The first-order valence-electron chi connectivity index (χ1n) is 7.00. The number of benzene rings is 2. The summed E-state index contributed by atoms with van der Waals surface area (Å²) in [6.45, 7) is 0. The summed E-state index contributed by atoms with van der Waals surface area (Å²) in [6, 6.07) is 12.5. The molecule has 0 saturated carbocycles. The van der Waals surface area contributed by atoms with Crippen molar-refractivity contribution >= 4 is 17.5 Å². The molecule has 2 N–H and O–H groups in total. The molecule has 22 heavy (non-hydrogen) atoms. The van der Waals surface area contributed by atoms with Gasteiger partial charge in [-0.25, -0.2) is 4.39 Å². The quantitative estimate of drug-likeness (QED) is 0.939. The van der Waals surface area contributed by atoms with E-state index < -0.39 is 11.9 Å². The van der Waals surface area contributed by atoms with Crippen LogP contribution in [0.15, 0.2) is 48.5 Å². The highest BCUT2D eigenvalue weighted by atomic mass is 19.1. The second-order valence-corrected chi connectivity index (χ2v) is 5.32. The van der Waals surface area contributed by atoms with Crippen LogP contribution in [0.4, 0.5) is 10.1 Å². The first kappa shape index (κ1) is 14.3. The number of nitrogens with zero attached hydrogens (tertiary/aromatic N) is 1. The van der Waals surface area contributed by atoms with Crippen molar-refractivity contribution in [3.8, 4) is 0 Å². The van der Waals surface area contributed by atoms with Crippen molar-refractivity contribution in [3.05, 3.63) is 65.5 Å². The minimum Gasteiger partial charge on any atom is -0.368 e. The molecule has 0 aliphatic carbocycles. The molecule has 0 radical (unpaired) electrons. The third-order valence-electron chi connectivity index (χ3n) is 3.84. The van der Waals surface area contributed by atoms with Gasteiger partial charge in [-0.2, -0.15) is 0 Å². The van der Waals surface area contributed by atoms with Gasteiger partial charge in [-0.15, -0.1) is 0 Å². The van der Waals surface area contributed by atoms with Gasteiger partial charge in [0.2, 0.25) is 11.8 Å². The van der Waals surface area contributed by atoms with Gasteiger partial charge in [-0.3, -0.25) is 14.5 Å². The number of fused-ring (bicyclic) bond motifs is 1. The van der Waals surface area contributed by atoms with Crippen LogP contribution in [0.2, 0.25) is 0 Å². The van der Waals surface area contributed by atoms with Crippen LogP contribution in [0.1, 0.15) is 11.1 Å². The summed E-state index contributed by atoms with van der Waals surface area (Å²) in [4.78, 5) is 25.7. The minimum absolute atomic E-state index is 0.0956. The maximum atomic E-state index is 12.9. The number of anilines is 1. The van der Waals surface area contributed by atoms with Gasteiger partial charge in [-0.05, 0) is 29.3 Å². The van der Waals surface area contributed by atoms with E-state index in [0.29, 0.717) is 12.0 Å². The summed E-state index contributed by atoms with van der Waals surface area (Å²) in [5.41, 5.74) is 7.78. The van der Waals surface area contributed by atoms with Gasteiger partial charge in [0.05, 0.1) is 6.42 Å². The van der Waals surface area contributed by atoms with Gasteiger partial charge >= 0.3 is 0 Å². The van der Waals surface area contributed by atoms with Crippen LogP contribution < -0.4 is 10.6 Å². The lowest BCUT2D eigenvalue weighted by molar-refractivity contribution is -0.124. The van der Waals surface area contributed by atoms with Crippen molar-refractivity contribution in [1.82, 2.24) is 0 Å². The summed E-state index contributed by atoms with van der Waals surface area (Å²) in [5, 5.41) is 0. The second kappa shape index (κ2) is 5.60. The third kappa shape index (κ3) is 2.57. The Morgan fingerprint density at radius 3 is 2.50 bits per heavy atom. The van der Waals surface area contributed by atoms with Crippen LogP contribution in [0.25, 0.3) is 0 Å². The average molecular weight is 298 g/mol. The van der Waals surface area contributed by atoms with E-state index in [1.54, 1.807) is 18.2 Å². The zero-order valence-corrected chi connectivity index (χ0v) is 11.8. The van der Waals surface area contributed by atoms with Crippen LogP contribution in [0.3, 0.4) is 0 Å². The largest absolute Gasteiger partial charge is 0.368 e. The van der Waals surface area contributed by atoms with Crippen molar-refractivity contribution in [2.45, 2.75) is 18.9 Å². The minimum atomic E-state index is -0.662. The van der Waals surface area contributed by atoms with E-state index in [9.17, 15) is 14.0 Å². The Kier molecular flexibility index (Phi) is 3.63. The zero-order chi connectivity index (χ0) is 15.7. The lowest BCUT2D eigenvalue weighted by atomic mass is 10.1. The molecule has 2 aromatic rings. The number of carbonyl (C=O) groups excluding carboxylic acids is 2. The molecule has 0 bridgehead atoms. The van der Waals surface area contributed by atoms with Crippen LogP contribution in [0, 0.1) is 5.82 Å². The average Bonchev–Trinajstić information content (AvgIpc) is 2.89. The van der Waals surface area contributed by atoms with Crippen LogP contribution in [-0.4, -0.2) is 17.9 Å². The fourth-order valence-corrected chi connectivity index (χ4v) is 2.78. The number of hydrogen-bond donors (Lipinski definition) is 1. The fraction of sp³-hybridized carbons (Fsp3) is 0.176. The van der Waals surface area contributed by atoms with Gasteiger partial charge in [0.15, 0.2) is 0 Å². The molecule has 0 aromatic heterocycles. The number of halogens is 1. The predicted octanol–water partition coefficient (Wildman–Crippen LogP) is 1.81. The summed E-state index contributed by atoms with van der Waals surface area (Å²) < 4.78 is 12.9. The smallest absolute Gasteiger partial charge is 0.240 e. The van der Waals surface area contributed by atoms with E-state index in [2.05, 4.69) is 0 Å². The molecule has 2 amide bonds. The molecule has 2 aromatic carbocycles. The first-order valence-corrected chi connectivity index (χ1v) is 7.00. The van der Waals surface area contributed by atoms with Gasteiger partial charge in [-0.1, -0.05) is 30.3 Å². The molecule has 4 nitrogen and oxygen atoms in total. The number of carbonyl (C=O) groups is 2. The highest BCUT2D eigenvalue weighted by Gasteiger charge is 2.36. The molecular formula is C17H15FN2O2. The number of para-hydroxylation sites is 1. The molecule has 0 saturated heterocycles. The Labute approximate surface area is 127 Å². The molecule has 0 spiro atoms. The Morgan fingerprint density at radius 1 is 1.14 bits per heavy atom. The number of nitrogens with two attached hydrogens (primary N) is 1. The Hall–Kier alpha value is -2.69. The molecule has 1 aliphatic rings. The van der Waals surface area contributed by atoms with E-state index in [-0.39, 0.29) is 18.1 Å². The van der Waals surface area contributed by atoms with E-state index in [1.807, 2.05) is 18.2 Å². The summed E-state index contributed by atoms with van der Waals surface area (Å²) in [5.74, 6) is -1.10. The Balaban J connectivity index is 1.88. The lowest BCUT2D eigenvalue weighted by Crippen LogP contribution is -2.46. The van der Waals surface area contributed by atoms with Crippen molar-refractivity contribution in [2.75, 3.05) is 4.90 Å². The zero-order valence-electron chi connectivity index (χ0n) is 11.8. The Morgan fingerprint density at radius 2 is 1.82 bits per heavy atom. The number of rotatable bonds is 3. The topological polar surface area (TPSA) is 63.4 Å². The molecule has 1 unspecified atom stereocenters. The van der Waals surface area contributed by atoms with Crippen LogP contribution in [0.5, 0.6) is 0 Å². The van der Waals surface area contributed by atoms with Gasteiger partial charge < -0.3 is 5.73 Å². The second-order valence-electron chi connectivity index (χ2n) is 5.32. The summed E-state index contributed by atoms with van der Waals surface area (Å²) in [7, 11) is 0. The Bertz CT molecular complexity index is 728. The number of primary amides is 1. The third-order valence-corrected chi connectivity index (χ3v) is 3.84. The predicted molar refractivity (Wildman–Crippen MR) is 80.7 cm³/mol. The van der Waals surface area contributed by atoms with Crippen LogP contribution in [-0.2, 0) is 22.4 Å². The molecule has 0 fully saturated rings. The molecule has 1 heterocycles. The number of hydrogen-bond acceptors (Lipinski definition) is 2. The highest BCUT2D eigenvalue weighted by Crippen LogP contribution is 2.32. The van der Waals surface area contributed by atoms with E-state index in [4.69, 9.17) is 5.73 Å². The summed E-state index contributed by atoms with van der Waals surface area (Å²) in [6.07, 6.45) is 0.527. The van der Waals surface area contributed by atoms with E-state index in [1.165, 1.54) is 17.0 Å². The number of amides is 2. The molecule has 3 rings (SSSR count).